The number of nitrogens with zero attached hydrogens (tertiary/aromatic N) is 2. The Labute approximate surface area is 120 Å². The van der Waals surface area contributed by atoms with Crippen molar-refractivity contribution in [2.24, 2.45) is 5.92 Å². The third-order valence-electron chi connectivity index (χ3n) is 4.19. The minimum atomic E-state index is -0.0588. The molecule has 0 saturated heterocycles. The van der Waals surface area contributed by atoms with E-state index in [0.29, 0.717) is 24.6 Å². The Bertz CT molecular complexity index is 450. The summed E-state index contributed by atoms with van der Waals surface area (Å²) in [7, 11) is 0. The topological polar surface area (TPSA) is 67.2 Å². The second-order valence-corrected chi connectivity index (χ2v) is 5.85. The summed E-state index contributed by atoms with van der Waals surface area (Å²) in [5.74, 6) is 0.227. The Kier molecular flexibility index (Phi) is 5.17. The molecule has 0 aromatic carbocycles. The minimum Gasteiger partial charge on any atom is -0.396 e. The highest BCUT2D eigenvalue weighted by molar-refractivity contribution is 5.95. The molecule has 5 heteroatoms. The maximum atomic E-state index is 12.2. The zero-order valence-corrected chi connectivity index (χ0v) is 12.4. The van der Waals surface area contributed by atoms with E-state index < -0.39 is 0 Å². The van der Waals surface area contributed by atoms with E-state index in [1.54, 1.807) is 6.20 Å². The van der Waals surface area contributed by atoms with E-state index in [1.807, 2.05) is 18.5 Å². The van der Waals surface area contributed by atoms with Gasteiger partial charge in [-0.05, 0) is 32.1 Å². The lowest BCUT2D eigenvalue weighted by molar-refractivity contribution is 0.0944. The molecule has 1 atom stereocenters. The van der Waals surface area contributed by atoms with Crippen molar-refractivity contribution in [3.63, 3.8) is 0 Å². The molecule has 0 aliphatic heterocycles. The summed E-state index contributed by atoms with van der Waals surface area (Å²) in [5, 5.41) is 16.2. The Morgan fingerprint density at radius 3 is 2.90 bits per heavy atom. The largest absolute Gasteiger partial charge is 0.396 e. The van der Waals surface area contributed by atoms with Gasteiger partial charge in [0.25, 0.3) is 5.91 Å². The summed E-state index contributed by atoms with van der Waals surface area (Å²) in [4.78, 5) is 12.2. The molecule has 1 fully saturated rings. The van der Waals surface area contributed by atoms with Crippen LogP contribution in [-0.4, -0.2) is 33.9 Å². The third kappa shape index (κ3) is 3.39. The van der Waals surface area contributed by atoms with Gasteiger partial charge in [-0.25, -0.2) is 0 Å². The summed E-state index contributed by atoms with van der Waals surface area (Å²) >= 11 is 0. The van der Waals surface area contributed by atoms with Gasteiger partial charge in [-0.1, -0.05) is 19.8 Å². The Morgan fingerprint density at radius 2 is 2.25 bits per heavy atom. The fourth-order valence-electron chi connectivity index (χ4n) is 2.85. The molecule has 1 aromatic rings. The molecule has 2 N–H and O–H groups in total. The average molecular weight is 279 g/mol. The number of hydrogen-bond donors (Lipinski definition) is 2. The average Bonchev–Trinajstić information content (AvgIpc) is 3.05. The van der Waals surface area contributed by atoms with Crippen LogP contribution in [0.25, 0.3) is 0 Å². The number of carbonyl (C=O) groups is 1. The summed E-state index contributed by atoms with van der Waals surface area (Å²) in [6, 6.07) is 0.463. The maximum absolute atomic E-state index is 12.2. The van der Waals surface area contributed by atoms with Crippen LogP contribution in [0.15, 0.2) is 6.20 Å². The molecule has 1 aromatic heterocycles. The summed E-state index contributed by atoms with van der Waals surface area (Å²) in [5.41, 5.74) is 1.64. The third-order valence-corrected chi connectivity index (χ3v) is 4.19. The zero-order chi connectivity index (χ0) is 14.5. The van der Waals surface area contributed by atoms with E-state index >= 15 is 0 Å². The van der Waals surface area contributed by atoms with Crippen LogP contribution in [0.2, 0.25) is 0 Å². The van der Waals surface area contributed by atoms with E-state index in [1.165, 1.54) is 12.8 Å². The number of hydrogen-bond acceptors (Lipinski definition) is 3. The molecular formula is C15H25N3O2. The van der Waals surface area contributed by atoms with Crippen LogP contribution in [0.1, 0.15) is 61.1 Å². The van der Waals surface area contributed by atoms with Gasteiger partial charge in [-0.2, -0.15) is 5.10 Å². The second-order valence-electron chi connectivity index (χ2n) is 5.85. The van der Waals surface area contributed by atoms with Crippen LogP contribution < -0.4 is 5.32 Å². The Balaban J connectivity index is 1.96. The van der Waals surface area contributed by atoms with Crippen LogP contribution >= 0.6 is 0 Å². The van der Waals surface area contributed by atoms with Crippen LogP contribution in [0.4, 0.5) is 0 Å². The van der Waals surface area contributed by atoms with E-state index in [9.17, 15) is 4.79 Å². The highest BCUT2D eigenvalue weighted by Gasteiger charge is 2.22. The van der Waals surface area contributed by atoms with Gasteiger partial charge in [0.15, 0.2) is 0 Å². The van der Waals surface area contributed by atoms with Crippen molar-refractivity contribution in [2.45, 2.75) is 52.0 Å². The number of nitrogens with one attached hydrogen (secondary N) is 1. The number of carbonyl (C=O) groups excluding carboxylic acids is 1. The monoisotopic (exact) mass is 279 g/mol. The highest BCUT2D eigenvalue weighted by Crippen LogP contribution is 2.30. The molecule has 1 aliphatic carbocycles. The normalized spacial score (nSPS) is 17.4. The first-order valence-corrected chi connectivity index (χ1v) is 7.56. The number of amides is 1. The van der Waals surface area contributed by atoms with Crippen molar-refractivity contribution >= 4 is 5.91 Å². The first-order valence-electron chi connectivity index (χ1n) is 7.56. The lowest BCUT2D eigenvalue weighted by Gasteiger charge is -2.13. The predicted molar refractivity (Wildman–Crippen MR) is 77.7 cm³/mol. The first kappa shape index (κ1) is 15.0. The van der Waals surface area contributed by atoms with E-state index in [2.05, 4.69) is 10.4 Å². The van der Waals surface area contributed by atoms with Gasteiger partial charge >= 0.3 is 0 Å². The highest BCUT2D eigenvalue weighted by atomic mass is 16.3. The smallest absolute Gasteiger partial charge is 0.254 e. The molecule has 5 nitrogen and oxygen atoms in total. The summed E-state index contributed by atoms with van der Waals surface area (Å²) < 4.78 is 2.01. The standard InChI is InChI=1S/C15H25N3O2/c1-11(7-8-19)9-16-15(20)14-10-17-18(12(14)2)13-5-3-4-6-13/h10-11,13,19H,3-9H2,1-2H3,(H,16,20). The second kappa shape index (κ2) is 6.88. The Hall–Kier alpha value is -1.36. The van der Waals surface area contributed by atoms with E-state index in [0.717, 1.165) is 18.5 Å². The number of aliphatic hydroxyl groups excluding tert-OH is 1. The molecule has 1 heterocycles. The molecule has 0 spiro atoms. The molecule has 1 unspecified atom stereocenters. The summed E-state index contributed by atoms with van der Waals surface area (Å²) in [6.07, 6.45) is 7.23. The van der Waals surface area contributed by atoms with Crippen molar-refractivity contribution < 1.29 is 9.90 Å². The molecule has 112 valence electrons. The minimum absolute atomic E-state index is 0.0588. The molecule has 1 saturated carbocycles. The van der Waals surface area contributed by atoms with Gasteiger partial charge in [0.05, 0.1) is 17.8 Å². The van der Waals surface area contributed by atoms with E-state index in [4.69, 9.17) is 5.11 Å². The Morgan fingerprint density at radius 1 is 1.55 bits per heavy atom. The van der Waals surface area contributed by atoms with Crippen molar-refractivity contribution in [1.29, 1.82) is 0 Å². The first-order chi connectivity index (χ1) is 9.63. The van der Waals surface area contributed by atoms with Crippen molar-refractivity contribution in [3.05, 3.63) is 17.5 Å². The molecule has 2 rings (SSSR count). The van der Waals surface area contributed by atoms with Gasteiger partial charge in [0.2, 0.25) is 0 Å². The van der Waals surface area contributed by atoms with Gasteiger partial charge in [0, 0.05) is 18.8 Å². The number of aromatic nitrogens is 2. The van der Waals surface area contributed by atoms with Crippen molar-refractivity contribution in [2.75, 3.05) is 13.2 Å². The number of rotatable bonds is 6. The number of aliphatic hydroxyl groups is 1. The van der Waals surface area contributed by atoms with Crippen molar-refractivity contribution in [1.82, 2.24) is 15.1 Å². The van der Waals surface area contributed by atoms with Crippen LogP contribution in [0, 0.1) is 12.8 Å². The van der Waals surface area contributed by atoms with Gasteiger partial charge in [0.1, 0.15) is 0 Å². The molecule has 1 aliphatic rings. The van der Waals surface area contributed by atoms with Crippen LogP contribution in [0.5, 0.6) is 0 Å². The molecule has 0 bridgehead atoms. The molecule has 1 amide bonds. The quantitative estimate of drug-likeness (QED) is 0.837. The molecule has 20 heavy (non-hydrogen) atoms. The maximum Gasteiger partial charge on any atom is 0.254 e. The van der Waals surface area contributed by atoms with Crippen LogP contribution in [0.3, 0.4) is 0 Å². The lowest BCUT2D eigenvalue weighted by Crippen LogP contribution is -2.29. The molecular weight excluding hydrogens is 254 g/mol. The van der Waals surface area contributed by atoms with E-state index in [-0.39, 0.29) is 18.4 Å². The predicted octanol–water partition coefficient (Wildman–Crippen LogP) is 2.05. The fraction of sp³-hybridized carbons (Fsp3) is 0.733. The fourth-order valence-corrected chi connectivity index (χ4v) is 2.85. The van der Waals surface area contributed by atoms with Gasteiger partial charge in [-0.15, -0.1) is 0 Å². The summed E-state index contributed by atoms with van der Waals surface area (Å²) in [6.45, 7) is 4.74. The zero-order valence-electron chi connectivity index (χ0n) is 12.4. The van der Waals surface area contributed by atoms with Crippen molar-refractivity contribution in [3.8, 4) is 0 Å². The SMILES string of the molecule is Cc1c(C(=O)NCC(C)CCO)cnn1C1CCCC1. The lowest BCUT2D eigenvalue weighted by atomic mass is 10.1. The van der Waals surface area contributed by atoms with Crippen LogP contribution in [-0.2, 0) is 0 Å². The van der Waals surface area contributed by atoms with Gasteiger partial charge in [-0.3, -0.25) is 9.48 Å². The molecule has 0 radical (unpaired) electrons. The van der Waals surface area contributed by atoms with Gasteiger partial charge < -0.3 is 10.4 Å².